The van der Waals surface area contributed by atoms with Crippen LogP contribution in [0, 0.1) is 0 Å². The normalized spacial score (nSPS) is 22.4. The number of alkyl carbamates (subject to hydrolysis) is 1. The van der Waals surface area contributed by atoms with Crippen molar-refractivity contribution in [1.82, 2.24) is 10.2 Å². The van der Waals surface area contributed by atoms with Gasteiger partial charge in [-0.05, 0) is 47.6 Å². The van der Waals surface area contributed by atoms with Gasteiger partial charge >= 0.3 is 18.2 Å². The van der Waals surface area contributed by atoms with E-state index in [2.05, 4.69) is 29.6 Å². The summed E-state index contributed by atoms with van der Waals surface area (Å²) in [5, 5.41) is 2.89. The highest BCUT2D eigenvalue weighted by Crippen LogP contribution is 2.45. The predicted octanol–water partition coefficient (Wildman–Crippen LogP) is 5.79. The Morgan fingerprint density at radius 1 is 0.805 bits per heavy atom. The second-order valence-corrected chi connectivity index (χ2v) is 11.0. The Labute approximate surface area is 239 Å². The molecule has 3 aromatic rings. The number of esters is 1. The lowest BCUT2D eigenvalue weighted by atomic mass is 9.83. The van der Waals surface area contributed by atoms with Crippen LogP contribution in [0.1, 0.15) is 55.2 Å². The van der Waals surface area contributed by atoms with Crippen LogP contribution in [0.25, 0.3) is 11.1 Å². The second-order valence-electron chi connectivity index (χ2n) is 11.0. The molecule has 2 fully saturated rings. The van der Waals surface area contributed by atoms with Gasteiger partial charge in [-0.1, -0.05) is 78.9 Å². The van der Waals surface area contributed by atoms with Crippen LogP contribution in [0.3, 0.4) is 0 Å². The van der Waals surface area contributed by atoms with Gasteiger partial charge in [0.25, 0.3) is 0 Å². The molecule has 1 N–H and O–H groups in total. The Bertz CT molecular complexity index is 1380. The van der Waals surface area contributed by atoms with Crippen LogP contribution in [-0.2, 0) is 25.6 Å². The lowest BCUT2D eigenvalue weighted by Gasteiger charge is -2.44. The van der Waals surface area contributed by atoms with Crippen LogP contribution in [-0.4, -0.2) is 53.9 Å². The molecule has 8 nitrogen and oxygen atoms in total. The maximum atomic E-state index is 13.3. The third-order valence-corrected chi connectivity index (χ3v) is 8.56. The van der Waals surface area contributed by atoms with Crippen molar-refractivity contribution >= 4 is 18.2 Å². The maximum absolute atomic E-state index is 13.3. The summed E-state index contributed by atoms with van der Waals surface area (Å²) >= 11 is 0. The number of nitrogens with zero attached hydrogens (tertiary/aromatic N) is 1. The average molecular weight is 555 g/mol. The van der Waals surface area contributed by atoms with E-state index in [9.17, 15) is 14.4 Å². The van der Waals surface area contributed by atoms with Crippen molar-refractivity contribution in [2.75, 3.05) is 13.2 Å². The summed E-state index contributed by atoms with van der Waals surface area (Å²) in [5.74, 6) is -0.591. The fourth-order valence-corrected chi connectivity index (χ4v) is 6.76. The minimum absolute atomic E-state index is 0.0934. The van der Waals surface area contributed by atoms with Crippen molar-refractivity contribution in [2.45, 2.75) is 62.8 Å². The molecule has 3 aliphatic rings. The van der Waals surface area contributed by atoms with Crippen molar-refractivity contribution < 1.29 is 28.6 Å². The molecular weight excluding hydrogens is 520 g/mol. The van der Waals surface area contributed by atoms with E-state index in [4.69, 9.17) is 14.2 Å². The Morgan fingerprint density at radius 3 is 2.00 bits per heavy atom. The molecule has 1 aliphatic carbocycles. The molecule has 0 aromatic heterocycles. The first kappa shape index (κ1) is 26.9. The van der Waals surface area contributed by atoms with Gasteiger partial charge < -0.3 is 24.4 Å². The number of amides is 2. The molecule has 6 rings (SSSR count). The van der Waals surface area contributed by atoms with E-state index in [1.807, 2.05) is 54.6 Å². The van der Waals surface area contributed by atoms with Gasteiger partial charge in [0.15, 0.2) is 0 Å². The van der Waals surface area contributed by atoms with Gasteiger partial charge in [0.05, 0.1) is 6.61 Å². The first-order chi connectivity index (χ1) is 20.0. The Balaban J connectivity index is 1.14. The quantitative estimate of drug-likeness (QED) is 0.294. The predicted molar refractivity (Wildman–Crippen MR) is 152 cm³/mol. The lowest BCUT2D eigenvalue weighted by Crippen LogP contribution is -2.64. The van der Waals surface area contributed by atoms with Gasteiger partial charge in [0.1, 0.15) is 18.8 Å². The van der Waals surface area contributed by atoms with Crippen molar-refractivity contribution in [3.63, 3.8) is 0 Å². The monoisotopic (exact) mass is 554 g/mol. The molecule has 0 saturated carbocycles. The fourth-order valence-electron chi connectivity index (χ4n) is 6.76. The number of carbonyl (C=O) groups excluding carboxylic acids is 3. The summed E-state index contributed by atoms with van der Waals surface area (Å²) in [7, 11) is 0. The molecule has 212 valence electrons. The number of rotatable bonds is 7. The van der Waals surface area contributed by atoms with E-state index < -0.39 is 23.7 Å². The van der Waals surface area contributed by atoms with Gasteiger partial charge in [0, 0.05) is 30.8 Å². The molecule has 2 aliphatic heterocycles. The molecule has 8 heteroatoms. The first-order valence-corrected chi connectivity index (χ1v) is 14.3. The largest absolute Gasteiger partial charge is 0.464 e. The standard InChI is InChI=1S/C33H34N2O6/c1-2-39-30(36)33(18-23-16-17-24(19-33)35(23)32(38)41-20-22-10-4-3-5-11-22)34-31(37)40-21-29-27-14-8-6-12-25(27)26-13-7-9-15-28(26)29/h3-15,23-24,29H,2,16-21H2,1H3,(H,34,37). The van der Waals surface area contributed by atoms with Crippen molar-refractivity contribution in [1.29, 1.82) is 0 Å². The Hall–Kier alpha value is -4.33. The van der Waals surface area contributed by atoms with Crippen LogP contribution in [0.2, 0.25) is 0 Å². The average Bonchev–Trinajstić information content (AvgIpc) is 3.46. The smallest absolute Gasteiger partial charge is 0.410 e. The van der Waals surface area contributed by atoms with Crippen LogP contribution in [0.5, 0.6) is 0 Å². The van der Waals surface area contributed by atoms with E-state index in [-0.39, 0.29) is 50.7 Å². The summed E-state index contributed by atoms with van der Waals surface area (Å²) in [5.41, 5.74) is 4.14. The van der Waals surface area contributed by atoms with Crippen LogP contribution in [0.4, 0.5) is 9.59 Å². The number of carbonyl (C=O) groups is 3. The molecule has 2 unspecified atom stereocenters. The molecule has 3 aromatic carbocycles. The molecule has 2 heterocycles. The molecule has 0 radical (unpaired) electrons. The van der Waals surface area contributed by atoms with Gasteiger partial charge in [-0.15, -0.1) is 0 Å². The second kappa shape index (κ2) is 11.3. The molecular formula is C33H34N2O6. The highest BCUT2D eigenvalue weighted by atomic mass is 16.6. The molecule has 41 heavy (non-hydrogen) atoms. The zero-order valence-corrected chi connectivity index (χ0v) is 23.1. The van der Waals surface area contributed by atoms with E-state index in [0.717, 1.165) is 40.7 Å². The topological polar surface area (TPSA) is 94.2 Å². The Morgan fingerprint density at radius 2 is 1.39 bits per heavy atom. The third kappa shape index (κ3) is 5.14. The van der Waals surface area contributed by atoms with Crippen LogP contribution >= 0.6 is 0 Å². The molecule has 2 amide bonds. The van der Waals surface area contributed by atoms with E-state index in [1.165, 1.54) is 0 Å². The van der Waals surface area contributed by atoms with Crippen molar-refractivity contribution in [3.8, 4) is 11.1 Å². The molecule has 2 bridgehead atoms. The van der Waals surface area contributed by atoms with Gasteiger partial charge in [0.2, 0.25) is 0 Å². The third-order valence-electron chi connectivity index (χ3n) is 8.56. The van der Waals surface area contributed by atoms with E-state index in [0.29, 0.717) is 0 Å². The minimum Gasteiger partial charge on any atom is -0.464 e. The number of hydrogen-bond acceptors (Lipinski definition) is 6. The highest BCUT2D eigenvalue weighted by Gasteiger charge is 2.56. The fraction of sp³-hybridized carbons (Fsp3) is 0.364. The molecule has 0 spiro atoms. The van der Waals surface area contributed by atoms with Gasteiger partial charge in [-0.25, -0.2) is 14.4 Å². The number of ether oxygens (including phenoxy) is 3. The Kier molecular flexibility index (Phi) is 7.39. The lowest BCUT2D eigenvalue weighted by molar-refractivity contribution is -0.154. The summed E-state index contributed by atoms with van der Waals surface area (Å²) in [6, 6.07) is 25.3. The SMILES string of the molecule is CCOC(=O)C1(NC(=O)OCC2c3ccccc3-c3ccccc32)CC2CCC(C1)N2C(=O)OCc1ccccc1. The number of hydrogen-bond donors (Lipinski definition) is 1. The van der Waals surface area contributed by atoms with Gasteiger partial charge in [-0.2, -0.15) is 0 Å². The van der Waals surface area contributed by atoms with E-state index >= 15 is 0 Å². The van der Waals surface area contributed by atoms with Crippen molar-refractivity contribution in [2.24, 2.45) is 0 Å². The number of fused-ring (bicyclic) bond motifs is 5. The zero-order chi connectivity index (χ0) is 28.4. The van der Waals surface area contributed by atoms with Gasteiger partial charge in [-0.3, -0.25) is 0 Å². The minimum atomic E-state index is -1.28. The number of nitrogens with one attached hydrogen (secondary N) is 1. The summed E-state index contributed by atoms with van der Waals surface area (Å²) < 4.78 is 16.8. The summed E-state index contributed by atoms with van der Waals surface area (Å²) in [6.07, 6.45) is 0.858. The maximum Gasteiger partial charge on any atom is 0.410 e. The van der Waals surface area contributed by atoms with Crippen LogP contribution < -0.4 is 5.32 Å². The first-order valence-electron chi connectivity index (χ1n) is 14.3. The summed E-state index contributed by atoms with van der Waals surface area (Å²) in [6.45, 7) is 2.24. The number of benzene rings is 3. The molecule has 2 saturated heterocycles. The number of piperidine rings is 1. The van der Waals surface area contributed by atoms with Crippen molar-refractivity contribution in [3.05, 3.63) is 95.6 Å². The highest BCUT2D eigenvalue weighted by molar-refractivity contribution is 5.87. The summed E-state index contributed by atoms with van der Waals surface area (Å²) in [4.78, 5) is 41.4. The van der Waals surface area contributed by atoms with Crippen LogP contribution in [0.15, 0.2) is 78.9 Å². The molecule has 2 atom stereocenters. The van der Waals surface area contributed by atoms with E-state index in [1.54, 1.807) is 11.8 Å². The zero-order valence-electron chi connectivity index (χ0n) is 23.1.